The number of nitrogens with zero attached hydrogens (tertiary/aromatic N) is 2. The molecule has 0 bridgehead atoms. The summed E-state index contributed by atoms with van der Waals surface area (Å²) in [6, 6.07) is 19.4. The lowest BCUT2D eigenvalue weighted by Crippen LogP contribution is -2.36. The van der Waals surface area contributed by atoms with Crippen molar-refractivity contribution in [3.63, 3.8) is 0 Å². The number of benzene rings is 2. The average molecular weight is 386 g/mol. The van der Waals surface area contributed by atoms with Crippen molar-refractivity contribution in [2.45, 2.75) is 33.2 Å². The SMILES string of the molecule is Cc1ccc(C(=O)NC(=NCc2cccnc2)Nc2cccc(C(C)C)c2)cc1. The van der Waals surface area contributed by atoms with Crippen molar-refractivity contribution in [3.05, 3.63) is 95.3 Å². The van der Waals surface area contributed by atoms with Gasteiger partial charge in [-0.05, 0) is 54.3 Å². The van der Waals surface area contributed by atoms with E-state index in [0.717, 1.165) is 16.8 Å². The molecule has 0 aliphatic carbocycles. The van der Waals surface area contributed by atoms with Gasteiger partial charge in [-0.2, -0.15) is 0 Å². The fraction of sp³-hybridized carbons (Fsp3) is 0.208. The lowest BCUT2D eigenvalue weighted by Gasteiger charge is -2.14. The maximum Gasteiger partial charge on any atom is 0.257 e. The van der Waals surface area contributed by atoms with Gasteiger partial charge in [0.2, 0.25) is 5.96 Å². The number of hydrogen-bond donors (Lipinski definition) is 2. The van der Waals surface area contributed by atoms with E-state index in [1.54, 1.807) is 12.4 Å². The molecular weight excluding hydrogens is 360 g/mol. The third kappa shape index (κ3) is 6.01. The van der Waals surface area contributed by atoms with E-state index in [-0.39, 0.29) is 5.91 Å². The molecule has 5 heteroatoms. The summed E-state index contributed by atoms with van der Waals surface area (Å²) in [6.45, 7) is 6.70. The summed E-state index contributed by atoms with van der Waals surface area (Å²) in [4.78, 5) is 21.4. The molecule has 0 unspecified atom stereocenters. The minimum absolute atomic E-state index is 0.206. The van der Waals surface area contributed by atoms with Crippen LogP contribution in [-0.4, -0.2) is 16.9 Å². The highest BCUT2D eigenvalue weighted by Crippen LogP contribution is 2.18. The van der Waals surface area contributed by atoms with E-state index in [1.165, 1.54) is 5.56 Å². The van der Waals surface area contributed by atoms with Crippen molar-refractivity contribution in [3.8, 4) is 0 Å². The number of rotatable bonds is 5. The molecule has 0 fully saturated rings. The lowest BCUT2D eigenvalue weighted by molar-refractivity contribution is 0.0977. The standard InChI is InChI=1S/C24H26N4O/c1-17(2)21-7-4-8-22(14-21)27-24(26-16-19-6-5-13-25-15-19)28-23(29)20-11-9-18(3)10-12-20/h4-15,17H,16H2,1-3H3,(H2,26,27,28,29). The molecule has 0 atom stereocenters. The summed E-state index contributed by atoms with van der Waals surface area (Å²) in [7, 11) is 0. The number of carbonyl (C=O) groups is 1. The maximum absolute atomic E-state index is 12.7. The molecule has 1 heterocycles. The summed E-state index contributed by atoms with van der Waals surface area (Å²) in [5.74, 6) is 0.609. The van der Waals surface area contributed by atoms with Gasteiger partial charge in [0.25, 0.3) is 5.91 Å². The van der Waals surface area contributed by atoms with E-state index >= 15 is 0 Å². The summed E-state index contributed by atoms with van der Waals surface area (Å²) in [6.07, 6.45) is 3.49. The van der Waals surface area contributed by atoms with Crippen molar-refractivity contribution >= 4 is 17.6 Å². The topological polar surface area (TPSA) is 66.4 Å². The van der Waals surface area contributed by atoms with Crippen LogP contribution in [0.2, 0.25) is 0 Å². The Morgan fingerprint density at radius 3 is 2.55 bits per heavy atom. The molecule has 3 rings (SSSR count). The molecule has 0 saturated heterocycles. The third-order valence-electron chi connectivity index (χ3n) is 4.50. The van der Waals surface area contributed by atoms with E-state index in [1.807, 2.05) is 55.5 Å². The zero-order valence-corrected chi connectivity index (χ0v) is 17.0. The van der Waals surface area contributed by atoms with Crippen LogP contribution in [0.3, 0.4) is 0 Å². The second-order valence-corrected chi connectivity index (χ2v) is 7.25. The number of anilines is 1. The molecule has 5 nitrogen and oxygen atoms in total. The van der Waals surface area contributed by atoms with Gasteiger partial charge < -0.3 is 5.32 Å². The molecule has 0 radical (unpaired) electrons. The Morgan fingerprint density at radius 1 is 1.07 bits per heavy atom. The molecule has 0 spiro atoms. The van der Waals surface area contributed by atoms with Crippen molar-refractivity contribution < 1.29 is 4.79 Å². The Labute approximate surface area is 171 Å². The number of aromatic nitrogens is 1. The van der Waals surface area contributed by atoms with Crippen LogP contribution < -0.4 is 10.6 Å². The number of aliphatic imine (C=N–C) groups is 1. The first-order valence-corrected chi connectivity index (χ1v) is 9.69. The molecule has 0 aliphatic rings. The van der Waals surface area contributed by atoms with Crippen molar-refractivity contribution in [1.82, 2.24) is 10.3 Å². The lowest BCUT2D eigenvalue weighted by atomic mass is 10.0. The Bertz CT molecular complexity index is 979. The normalized spacial score (nSPS) is 11.4. The van der Waals surface area contributed by atoms with E-state index in [0.29, 0.717) is 24.0 Å². The van der Waals surface area contributed by atoms with E-state index < -0.39 is 0 Å². The van der Waals surface area contributed by atoms with Crippen molar-refractivity contribution in [2.75, 3.05) is 5.32 Å². The first-order chi connectivity index (χ1) is 14.0. The monoisotopic (exact) mass is 386 g/mol. The predicted molar refractivity (Wildman–Crippen MR) is 118 cm³/mol. The number of nitrogens with one attached hydrogen (secondary N) is 2. The molecule has 2 N–H and O–H groups in total. The van der Waals surface area contributed by atoms with Crippen molar-refractivity contribution in [1.29, 1.82) is 0 Å². The van der Waals surface area contributed by atoms with Gasteiger partial charge in [-0.1, -0.05) is 49.7 Å². The quantitative estimate of drug-likeness (QED) is 0.483. The molecular formula is C24H26N4O. The molecule has 3 aromatic rings. The van der Waals surface area contributed by atoms with Crippen LogP contribution in [0.1, 0.15) is 46.8 Å². The highest BCUT2D eigenvalue weighted by molar-refractivity contribution is 6.09. The zero-order chi connectivity index (χ0) is 20.6. The molecule has 0 saturated carbocycles. The Balaban J connectivity index is 1.81. The Kier molecular flexibility index (Phi) is 6.74. The summed E-state index contributed by atoms with van der Waals surface area (Å²) in [5.41, 5.74) is 4.75. The molecule has 0 aliphatic heterocycles. The highest BCUT2D eigenvalue weighted by Gasteiger charge is 2.10. The van der Waals surface area contributed by atoms with Crippen LogP contribution in [0.25, 0.3) is 0 Å². The van der Waals surface area contributed by atoms with Gasteiger partial charge in [-0.15, -0.1) is 0 Å². The van der Waals surface area contributed by atoms with Crippen LogP contribution in [0, 0.1) is 6.92 Å². The maximum atomic E-state index is 12.7. The minimum atomic E-state index is -0.206. The van der Waals surface area contributed by atoms with Gasteiger partial charge in [0.15, 0.2) is 0 Å². The van der Waals surface area contributed by atoms with Crippen LogP contribution in [0.4, 0.5) is 5.69 Å². The number of guanidine groups is 1. The van der Waals surface area contributed by atoms with Crippen LogP contribution in [0.15, 0.2) is 78.0 Å². The third-order valence-corrected chi connectivity index (χ3v) is 4.50. The predicted octanol–water partition coefficient (Wildman–Crippen LogP) is 4.91. The Morgan fingerprint density at radius 2 is 1.86 bits per heavy atom. The van der Waals surface area contributed by atoms with Gasteiger partial charge in [0, 0.05) is 23.6 Å². The van der Waals surface area contributed by atoms with Gasteiger partial charge in [0.1, 0.15) is 0 Å². The number of carbonyl (C=O) groups excluding carboxylic acids is 1. The summed E-state index contributed by atoms with van der Waals surface area (Å²) < 4.78 is 0. The molecule has 1 amide bonds. The molecule has 2 aromatic carbocycles. The number of aryl methyl sites for hydroxylation is 1. The second-order valence-electron chi connectivity index (χ2n) is 7.25. The van der Waals surface area contributed by atoms with Crippen LogP contribution >= 0.6 is 0 Å². The van der Waals surface area contributed by atoms with Gasteiger partial charge in [-0.3, -0.25) is 15.1 Å². The smallest absolute Gasteiger partial charge is 0.257 e. The zero-order valence-electron chi connectivity index (χ0n) is 17.0. The fourth-order valence-electron chi connectivity index (χ4n) is 2.77. The molecule has 29 heavy (non-hydrogen) atoms. The van der Waals surface area contributed by atoms with Gasteiger partial charge >= 0.3 is 0 Å². The molecule has 1 aromatic heterocycles. The number of amides is 1. The van der Waals surface area contributed by atoms with Crippen LogP contribution in [0.5, 0.6) is 0 Å². The summed E-state index contributed by atoms with van der Waals surface area (Å²) >= 11 is 0. The first-order valence-electron chi connectivity index (χ1n) is 9.69. The number of hydrogen-bond acceptors (Lipinski definition) is 3. The summed E-state index contributed by atoms with van der Waals surface area (Å²) in [5, 5.41) is 6.15. The van der Waals surface area contributed by atoms with E-state index in [9.17, 15) is 4.79 Å². The van der Waals surface area contributed by atoms with Crippen molar-refractivity contribution in [2.24, 2.45) is 4.99 Å². The highest BCUT2D eigenvalue weighted by atomic mass is 16.1. The largest absolute Gasteiger partial charge is 0.326 e. The fourth-order valence-corrected chi connectivity index (χ4v) is 2.77. The number of pyridine rings is 1. The van der Waals surface area contributed by atoms with Gasteiger partial charge in [-0.25, -0.2) is 4.99 Å². The second kappa shape index (κ2) is 9.64. The van der Waals surface area contributed by atoms with Crippen LogP contribution in [-0.2, 0) is 6.54 Å². The van der Waals surface area contributed by atoms with Gasteiger partial charge in [0.05, 0.1) is 6.54 Å². The molecule has 148 valence electrons. The van der Waals surface area contributed by atoms with E-state index in [2.05, 4.69) is 46.6 Å². The average Bonchev–Trinajstić information content (AvgIpc) is 2.73. The Hall–Kier alpha value is -3.47. The minimum Gasteiger partial charge on any atom is -0.326 e. The first kappa shape index (κ1) is 20.3. The van der Waals surface area contributed by atoms with E-state index in [4.69, 9.17) is 0 Å².